The predicted octanol–water partition coefficient (Wildman–Crippen LogP) is 4.63. The Labute approximate surface area is 212 Å². The van der Waals surface area contributed by atoms with Gasteiger partial charge in [-0.15, -0.1) is 0 Å². The topological polar surface area (TPSA) is 96.9 Å². The van der Waals surface area contributed by atoms with Crippen LogP contribution in [0.25, 0.3) is 16.7 Å². The van der Waals surface area contributed by atoms with Gasteiger partial charge in [0.2, 0.25) is 5.91 Å². The molecular formula is C29H30N6O. The molecular weight excluding hydrogens is 448 g/mol. The monoisotopic (exact) mass is 478 g/mol. The summed E-state index contributed by atoms with van der Waals surface area (Å²) in [5.74, 6) is 2.16. The van der Waals surface area contributed by atoms with Crippen molar-refractivity contribution in [2.75, 3.05) is 24.5 Å². The molecule has 4 fully saturated rings. The second-order valence-electron chi connectivity index (χ2n) is 10.8. The van der Waals surface area contributed by atoms with E-state index in [0.29, 0.717) is 42.0 Å². The van der Waals surface area contributed by atoms with Gasteiger partial charge < -0.3 is 9.80 Å². The number of amides is 1. The zero-order valence-corrected chi connectivity index (χ0v) is 20.7. The molecule has 0 radical (unpaired) electrons. The van der Waals surface area contributed by atoms with E-state index in [1.165, 1.54) is 12.8 Å². The molecule has 1 aliphatic heterocycles. The van der Waals surface area contributed by atoms with Gasteiger partial charge in [-0.2, -0.15) is 10.5 Å². The van der Waals surface area contributed by atoms with E-state index < -0.39 is 0 Å². The number of piperazine rings is 1. The predicted molar refractivity (Wildman–Crippen MR) is 137 cm³/mol. The highest BCUT2D eigenvalue weighted by Gasteiger charge is 2.45. The van der Waals surface area contributed by atoms with Gasteiger partial charge in [0.1, 0.15) is 18.0 Å². The van der Waals surface area contributed by atoms with E-state index in [2.05, 4.69) is 33.5 Å². The normalized spacial score (nSPS) is 21.6. The molecule has 1 amide bonds. The van der Waals surface area contributed by atoms with Gasteiger partial charge in [0.15, 0.2) is 0 Å². The van der Waals surface area contributed by atoms with Crippen molar-refractivity contribution in [3.05, 3.63) is 47.4 Å². The van der Waals surface area contributed by atoms with E-state index >= 15 is 0 Å². The number of rotatable bonds is 6. The van der Waals surface area contributed by atoms with Gasteiger partial charge in [0, 0.05) is 48.8 Å². The Morgan fingerprint density at radius 2 is 1.78 bits per heavy atom. The molecule has 3 heterocycles. The first-order chi connectivity index (χ1) is 17.5. The van der Waals surface area contributed by atoms with Gasteiger partial charge >= 0.3 is 0 Å². The molecule has 0 aromatic carbocycles. The second kappa shape index (κ2) is 8.75. The number of allylic oxidation sites excluding steroid dienone is 1. The van der Waals surface area contributed by atoms with Crippen LogP contribution in [0.2, 0.25) is 0 Å². The first-order valence-corrected chi connectivity index (χ1v) is 13.0. The first kappa shape index (κ1) is 22.7. The van der Waals surface area contributed by atoms with Crippen LogP contribution in [0.15, 0.2) is 24.9 Å². The number of carbonyl (C=O) groups is 1. The Hall–Kier alpha value is -3.71. The summed E-state index contributed by atoms with van der Waals surface area (Å²) in [5.41, 5.74) is 5.11. The molecule has 2 aromatic rings. The summed E-state index contributed by atoms with van der Waals surface area (Å²) in [5, 5.41) is 20.0. The zero-order valence-electron chi connectivity index (χ0n) is 20.7. The molecule has 7 heteroatoms. The van der Waals surface area contributed by atoms with Gasteiger partial charge in [-0.1, -0.05) is 6.58 Å². The smallest absolute Gasteiger partial charge is 0.226 e. The maximum atomic E-state index is 13.0. The Morgan fingerprint density at radius 3 is 2.39 bits per heavy atom. The number of anilines is 1. The molecule has 36 heavy (non-hydrogen) atoms. The van der Waals surface area contributed by atoms with Crippen LogP contribution in [0, 0.1) is 34.5 Å². The highest BCUT2D eigenvalue weighted by atomic mass is 16.2. The molecule has 0 N–H and O–H groups in total. The van der Waals surface area contributed by atoms with Crippen LogP contribution in [-0.4, -0.2) is 46.5 Å². The molecule has 1 atom stereocenters. The lowest BCUT2D eigenvalue weighted by molar-refractivity contribution is -0.135. The van der Waals surface area contributed by atoms with Crippen molar-refractivity contribution >= 4 is 17.3 Å². The number of pyridine rings is 2. The lowest BCUT2D eigenvalue weighted by Gasteiger charge is -2.43. The molecule has 6 rings (SSSR count). The third-order valence-corrected chi connectivity index (χ3v) is 7.96. The number of aromatic nitrogens is 2. The summed E-state index contributed by atoms with van der Waals surface area (Å²) in [4.78, 5) is 26.8. The quantitative estimate of drug-likeness (QED) is 0.600. The minimum atomic E-state index is 0.202. The van der Waals surface area contributed by atoms with Crippen molar-refractivity contribution in [1.29, 1.82) is 10.5 Å². The molecule has 1 unspecified atom stereocenters. The average molecular weight is 479 g/mol. The summed E-state index contributed by atoms with van der Waals surface area (Å²) in [6.45, 7) is 8.00. The standard InChI is InChI=1S/C29H30N6O/c1-17(2)25-12-23(22(14-31)15-32-25)24-11-21(13-30)28(33-27(24)19-5-6-19)34-9-10-35(29(36)20-7-8-20)26(16-34)18-3-4-18/h11-12,15,18-20,26H,1,3-10,16H2,2H3. The largest absolute Gasteiger partial charge is 0.352 e. The third kappa shape index (κ3) is 4.13. The molecule has 7 nitrogen and oxygen atoms in total. The Kier molecular flexibility index (Phi) is 5.52. The molecule has 3 aliphatic carbocycles. The third-order valence-electron chi connectivity index (χ3n) is 7.96. The van der Waals surface area contributed by atoms with Crippen LogP contribution in [-0.2, 0) is 4.79 Å². The van der Waals surface area contributed by atoms with Crippen LogP contribution in [0.1, 0.15) is 73.9 Å². The van der Waals surface area contributed by atoms with Crippen LogP contribution in [0.5, 0.6) is 0 Å². The summed E-state index contributed by atoms with van der Waals surface area (Å²) in [7, 11) is 0. The van der Waals surface area contributed by atoms with Crippen molar-refractivity contribution in [2.24, 2.45) is 11.8 Å². The highest BCUT2D eigenvalue weighted by Crippen LogP contribution is 2.46. The molecule has 0 bridgehead atoms. The van der Waals surface area contributed by atoms with Crippen molar-refractivity contribution in [1.82, 2.24) is 14.9 Å². The number of nitriles is 2. The fraction of sp³-hybridized carbons (Fsp3) is 0.483. The lowest BCUT2D eigenvalue weighted by atomic mass is 9.95. The van der Waals surface area contributed by atoms with Crippen LogP contribution >= 0.6 is 0 Å². The lowest BCUT2D eigenvalue weighted by Crippen LogP contribution is -2.57. The molecule has 3 saturated carbocycles. The molecule has 182 valence electrons. The van der Waals surface area contributed by atoms with Gasteiger partial charge in [-0.05, 0) is 69.1 Å². The summed E-state index contributed by atoms with van der Waals surface area (Å²) < 4.78 is 0. The SMILES string of the molecule is C=C(C)c1cc(-c2cc(C#N)c(N3CCN(C(=O)C4CC4)C(C4CC4)C3)nc2C2CC2)c(C#N)cn1. The van der Waals surface area contributed by atoms with Crippen molar-refractivity contribution in [3.63, 3.8) is 0 Å². The number of hydrogen-bond acceptors (Lipinski definition) is 6. The van der Waals surface area contributed by atoms with Crippen LogP contribution in [0.4, 0.5) is 5.82 Å². The van der Waals surface area contributed by atoms with Crippen LogP contribution in [0.3, 0.4) is 0 Å². The summed E-state index contributed by atoms with van der Waals surface area (Å²) in [6.07, 6.45) is 8.08. The van der Waals surface area contributed by atoms with Crippen molar-refractivity contribution < 1.29 is 4.79 Å². The van der Waals surface area contributed by atoms with E-state index in [9.17, 15) is 15.3 Å². The zero-order chi connectivity index (χ0) is 25.0. The van der Waals surface area contributed by atoms with Crippen molar-refractivity contribution in [3.8, 4) is 23.3 Å². The van der Waals surface area contributed by atoms with E-state index in [-0.39, 0.29) is 12.0 Å². The second-order valence-corrected chi connectivity index (χ2v) is 10.8. The van der Waals surface area contributed by atoms with E-state index in [0.717, 1.165) is 66.1 Å². The number of carbonyl (C=O) groups excluding carboxylic acids is 1. The van der Waals surface area contributed by atoms with Gasteiger partial charge in [0.25, 0.3) is 0 Å². The molecule has 4 aliphatic rings. The van der Waals surface area contributed by atoms with Crippen molar-refractivity contribution in [2.45, 2.75) is 57.4 Å². The van der Waals surface area contributed by atoms with Gasteiger partial charge in [-0.25, -0.2) is 4.98 Å². The van der Waals surface area contributed by atoms with Gasteiger partial charge in [0.05, 0.1) is 28.6 Å². The highest BCUT2D eigenvalue weighted by molar-refractivity contribution is 5.82. The molecule has 0 spiro atoms. The maximum absolute atomic E-state index is 13.0. The fourth-order valence-electron chi connectivity index (χ4n) is 5.45. The molecule has 2 aromatic heterocycles. The first-order valence-electron chi connectivity index (χ1n) is 13.0. The summed E-state index contributed by atoms with van der Waals surface area (Å²) in [6, 6.07) is 8.67. The maximum Gasteiger partial charge on any atom is 0.226 e. The Morgan fingerprint density at radius 1 is 1.03 bits per heavy atom. The molecule has 1 saturated heterocycles. The minimum absolute atomic E-state index is 0.202. The van der Waals surface area contributed by atoms with E-state index in [1.807, 2.05) is 19.1 Å². The Balaban J connectivity index is 1.39. The Bertz CT molecular complexity index is 1340. The van der Waals surface area contributed by atoms with Crippen LogP contribution < -0.4 is 4.90 Å². The van der Waals surface area contributed by atoms with E-state index in [4.69, 9.17) is 4.98 Å². The van der Waals surface area contributed by atoms with E-state index in [1.54, 1.807) is 6.20 Å². The van der Waals surface area contributed by atoms with Gasteiger partial charge in [-0.3, -0.25) is 9.78 Å². The number of hydrogen-bond donors (Lipinski definition) is 0. The number of nitrogens with zero attached hydrogens (tertiary/aromatic N) is 6. The fourth-order valence-corrected chi connectivity index (χ4v) is 5.45. The average Bonchev–Trinajstić information content (AvgIpc) is 3.74. The summed E-state index contributed by atoms with van der Waals surface area (Å²) >= 11 is 0. The minimum Gasteiger partial charge on any atom is -0.352 e.